The summed E-state index contributed by atoms with van der Waals surface area (Å²) in [5.41, 5.74) is 2.00. The molecular weight excluding hydrogens is 237 g/mol. The fourth-order valence-electron chi connectivity index (χ4n) is 3.30. The summed E-state index contributed by atoms with van der Waals surface area (Å²) in [6.45, 7) is 8.80. The molecule has 0 saturated heterocycles. The highest BCUT2D eigenvalue weighted by molar-refractivity contribution is 5.51. The zero-order chi connectivity index (χ0) is 14.0. The van der Waals surface area contributed by atoms with E-state index < -0.39 is 0 Å². The third-order valence-corrected chi connectivity index (χ3v) is 4.49. The quantitative estimate of drug-likeness (QED) is 0.778. The molecule has 0 spiro atoms. The van der Waals surface area contributed by atoms with Gasteiger partial charge >= 0.3 is 0 Å². The SMILES string of the molecule is Cc1c(F)cccc1NC1CCCCC1C(C)(C)C. The van der Waals surface area contributed by atoms with Crippen LogP contribution in [0, 0.1) is 24.1 Å². The molecule has 0 aliphatic heterocycles. The van der Waals surface area contributed by atoms with Gasteiger partial charge in [0.05, 0.1) is 0 Å². The standard InChI is InChI=1S/C17H26FN/c1-12-14(18)9-7-11-15(12)19-16-10-6-5-8-13(16)17(2,3)4/h7,9,11,13,16,19H,5-6,8,10H2,1-4H3. The summed E-state index contributed by atoms with van der Waals surface area (Å²) in [6.07, 6.45) is 5.06. The third kappa shape index (κ3) is 3.29. The van der Waals surface area contributed by atoms with E-state index in [2.05, 4.69) is 26.1 Å². The Balaban J connectivity index is 2.18. The van der Waals surface area contributed by atoms with E-state index >= 15 is 0 Å². The molecule has 0 bridgehead atoms. The van der Waals surface area contributed by atoms with Gasteiger partial charge in [0.2, 0.25) is 0 Å². The van der Waals surface area contributed by atoms with Gasteiger partial charge in [0.1, 0.15) is 5.82 Å². The van der Waals surface area contributed by atoms with Crippen LogP contribution in [0.2, 0.25) is 0 Å². The second-order valence-electron chi connectivity index (χ2n) is 6.92. The number of hydrogen-bond donors (Lipinski definition) is 1. The first-order chi connectivity index (χ1) is 8.89. The predicted octanol–water partition coefficient (Wildman–Crippen LogP) is 5.15. The molecule has 2 atom stereocenters. The Morgan fingerprint density at radius 2 is 1.84 bits per heavy atom. The molecule has 2 unspecified atom stereocenters. The number of nitrogens with one attached hydrogen (secondary N) is 1. The van der Waals surface area contributed by atoms with Gasteiger partial charge in [-0.25, -0.2) is 4.39 Å². The third-order valence-electron chi connectivity index (χ3n) is 4.49. The van der Waals surface area contributed by atoms with Gasteiger partial charge in [-0.2, -0.15) is 0 Å². The Morgan fingerprint density at radius 3 is 2.53 bits per heavy atom. The van der Waals surface area contributed by atoms with E-state index in [-0.39, 0.29) is 5.82 Å². The van der Waals surface area contributed by atoms with Gasteiger partial charge in [-0.05, 0) is 43.2 Å². The molecule has 1 N–H and O–H groups in total. The molecule has 0 radical (unpaired) electrons. The summed E-state index contributed by atoms with van der Waals surface area (Å²) in [5, 5.41) is 3.61. The number of rotatable bonds is 2. The summed E-state index contributed by atoms with van der Waals surface area (Å²) in [6, 6.07) is 5.78. The molecular formula is C17H26FN. The first-order valence-electron chi connectivity index (χ1n) is 7.41. The highest BCUT2D eigenvalue weighted by atomic mass is 19.1. The Hall–Kier alpha value is -1.05. The average molecular weight is 263 g/mol. The van der Waals surface area contributed by atoms with Gasteiger partial charge in [-0.15, -0.1) is 0 Å². The first-order valence-corrected chi connectivity index (χ1v) is 7.41. The molecule has 19 heavy (non-hydrogen) atoms. The van der Waals surface area contributed by atoms with E-state index in [9.17, 15) is 4.39 Å². The van der Waals surface area contributed by atoms with Crippen LogP contribution in [0.1, 0.15) is 52.0 Å². The van der Waals surface area contributed by atoms with Crippen LogP contribution in [-0.4, -0.2) is 6.04 Å². The molecule has 1 aliphatic rings. The molecule has 1 aromatic rings. The topological polar surface area (TPSA) is 12.0 Å². The second-order valence-corrected chi connectivity index (χ2v) is 6.92. The van der Waals surface area contributed by atoms with Gasteiger partial charge in [-0.3, -0.25) is 0 Å². The molecule has 2 rings (SSSR count). The van der Waals surface area contributed by atoms with Crippen LogP contribution < -0.4 is 5.32 Å². The minimum atomic E-state index is -0.117. The van der Waals surface area contributed by atoms with Crippen molar-refractivity contribution >= 4 is 5.69 Å². The first kappa shape index (κ1) is 14.4. The lowest BCUT2D eigenvalue weighted by atomic mass is 9.69. The van der Waals surface area contributed by atoms with E-state index in [1.165, 1.54) is 31.7 Å². The van der Waals surface area contributed by atoms with E-state index in [4.69, 9.17) is 0 Å². The Labute approximate surface area is 116 Å². The molecule has 106 valence electrons. The maximum atomic E-state index is 13.6. The largest absolute Gasteiger partial charge is 0.382 e. The zero-order valence-corrected chi connectivity index (χ0v) is 12.6. The highest BCUT2D eigenvalue weighted by Gasteiger charge is 2.34. The van der Waals surface area contributed by atoms with Crippen molar-refractivity contribution in [1.29, 1.82) is 0 Å². The number of hydrogen-bond acceptors (Lipinski definition) is 1. The van der Waals surface area contributed by atoms with E-state index in [0.717, 1.165) is 11.3 Å². The number of anilines is 1. The van der Waals surface area contributed by atoms with Crippen LogP contribution in [0.3, 0.4) is 0 Å². The van der Waals surface area contributed by atoms with Crippen LogP contribution in [0.4, 0.5) is 10.1 Å². The van der Waals surface area contributed by atoms with Crippen molar-refractivity contribution in [2.75, 3.05) is 5.32 Å². The van der Waals surface area contributed by atoms with Gasteiger partial charge in [0.25, 0.3) is 0 Å². The van der Waals surface area contributed by atoms with Crippen molar-refractivity contribution in [1.82, 2.24) is 0 Å². The lowest BCUT2D eigenvalue weighted by Crippen LogP contribution is -2.40. The van der Waals surface area contributed by atoms with Crippen molar-refractivity contribution in [3.05, 3.63) is 29.6 Å². The van der Waals surface area contributed by atoms with E-state index in [0.29, 0.717) is 17.4 Å². The Morgan fingerprint density at radius 1 is 1.16 bits per heavy atom. The fraction of sp³-hybridized carbons (Fsp3) is 0.647. The van der Waals surface area contributed by atoms with Crippen molar-refractivity contribution in [3.8, 4) is 0 Å². The van der Waals surface area contributed by atoms with Gasteiger partial charge < -0.3 is 5.32 Å². The molecule has 0 aromatic heterocycles. The summed E-state index contributed by atoms with van der Waals surface area (Å²) in [5.74, 6) is 0.539. The van der Waals surface area contributed by atoms with Crippen LogP contribution in [0.25, 0.3) is 0 Å². The maximum absolute atomic E-state index is 13.6. The van der Waals surface area contributed by atoms with Gasteiger partial charge in [-0.1, -0.05) is 39.7 Å². The summed E-state index contributed by atoms with van der Waals surface area (Å²) in [7, 11) is 0. The van der Waals surface area contributed by atoms with Gasteiger partial charge in [0, 0.05) is 17.3 Å². The van der Waals surface area contributed by atoms with Gasteiger partial charge in [0.15, 0.2) is 0 Å². The second kappa shape index (κ2) is 5.52. The molecule has 1 fully saturated rings. The van der Waals surface area contributed by atoms with E-state index in [1.807, 2.05) is 13.0 Å². The van der Waals surface area contributed by atoms with Crippen molar-refractivity contribution in [2.24, 2.45) is 11.3 Å². The lowest BCUT2D eigenvalue weighted by Gasteiger charge is -2.41. The van der Waals surface area contributed by atoms with Crippen molar-refractivity contribution in [3.63, 3.8) is 0 Å². The average Bonchev–Trinajstić information content (AvgIpc) is 2.34. The highest BCUT2D eigenvalue weighted by Crippen LogP contribution is 2.39. The fourth-order valence-corrected chi connectivity index (χ4v) is 3.30. The Kier molecular flexibility index (Phi) is 4.17. The molecule has 1 aromatic carbocycles. The molecule has 0 amide bonds. The Bertz CT molecular complexity index is 433. The molecule has 0 heterocycles. The number of halogens is 1. The zero-order valence-electron chi connectivity index (χ0n) is 12.6. The van der Waals surface area contributed by atoms with Crippen LogP contribution in [-0.2, 0) is 0 Å². The minimum Gasteiger partial charge on any atom is -0.382 e. The number of benzene rings is 1. The molecule has 2 heteroatoms. The van der Waals surface area contributed by atoms with E-state index in [1.54, 1.807) is 6.07 Å². The van der Waals surface area contributed by atoms with Crippen LogP contribution in [0.15, 0.2) is 18.2 Å². The summed E-state index contributed by atoms with van der Waals surface area (Å²) >= 11 is 0. The smallest absolute Gasteiger partial charge is 0.128 e. The van der Waals surface area contributed by atoms with Crippen molar-refractivity contribution in [2.45, 2.75) is 59.4 Å². The molecule has 1 aliphatic carbocycles. The van der Waals surface area contributed by atoms with Crippen LogP contribution in [0.5, 0.6) is 0 Å². The van der Waals surface area contributed by atoms with Crippen LogP contribution >= 0.6 is 0 Å². The predicted molar refractivity (Wildman–Crippen MR) is 80.0 cm³/mol. The lowest BCUT2D eigenvalue weighted by molar-refractivity contribution is 0.163. The normalized spacial score (nSPS) is 24.3. The summed E-state index contributed by atoms with van der Waals surface area (Å²) < 4.78 is 13.6. The maximum Gasteiger partial charge on any atom is 0.128 e. The molecule has 1 nitrogen and oxygen atoms in total. The van der Waals surface area contributed by atoms with Crippen molar-refractivity contribution < 1.29 is 4.39 Å². The minimum absolute atomic E-state index is 0.117. The molecule has 1 saturated carbocycles. The monoisotopic (exact) mass is 263 g/mol. The summed E-state index contributed by atoms with van der Waals surface area (Å²) in [4.78, 5) is 0.